The molecule has 0 spiro atoms. The lowest BCUT2D eigenvalue weighted by molar-refractivity contribution is 0.0691. The summed E-state index contributed by atoms with van der Waals surface area (Å²) in [6.45, 7) is 3.95. The fraction of sp³-hybridized carbons (Fsp3) is 0.243. The molecule has 0 unspecified atom stereocenters. The fourth-order valence-corrected chi connectivity index (χ4v) is 6.68. The Kier molecular flexibility index (Phi) is 11.7. The number of hydrogen-bond donors (Lipinski definition) is 7. The van der Waals surface area contributed by atoms with E-state index in [1.54, 1.807) is 35.0 Å². The number of aliphatic hydroxyl groups is 2. The first-order valence-corrected chi connectivity index (χ1v) is 17.4. The molecule has 2 heterocycles. The Morgan fingerprint density at radius 2 is 1.56 bits per heavy atom. The lowest BCUT2D eigenvalue weighted by Gasteiger charge is -2.19. The Balaban J connectivity index is 0.000000192. The number of ketones is 1. The first kappa shape index (κ1) is 36.8. The summed E-state index contributed by atoms with van der Waals surface area (Å²) in [6, 6.07) is 21.3. The van der Waals surface area contributed by atoms with Gasteiger partial charge in [-0.05, 0) is 42.0 Å². The van der Waals surface area contributed by atoms with E-state index in [-0.39, 0.29) is 36.0 Å². The van der Waals surface area contributed by atoms with Gasteiger partial charge in [-0.15, -0.1) is 0 Å². The first-order chi connectivity index (χ1) is 25.2. The van der Waals surface area contributed by atoms with Crippen molar-refractivity contribution in [2.45, 2.75) is 13.1 Å². The largest absolute Gasteiger partial charge is 0.507 e. The van der Waals surface area contributed by atoms with Crippen molar-refractivity contribution in [3.05, 3.63) is 105 Å². The van der Waals surface area contributed by atoms with Gasteiger partial charge in [0.2, 0.25) is 0 Å². The van der Waals surface area contributed by atoms with Crippen LogP contribution in [0.3, 0.4) is 0 Å². The lowest BCUT2D eigenvalue weighted by Crippen LogP contribution is -2.25. The zero-order valence-electron chi connectivity index (χ0n) is 27.9. The van der Waals surface area contributed by atoms with Crippen LogP contribution < -0.4 is 16.0 Å². The fourth-order valence-electron chi connectivity index (χ4n) is 6.21. The maximum atomic E-state index is 13.5. The number of benzene rings is 4. The molecule has 4 aromatic carbocycles. The molecule has 0 saturated heterocycles. The molecule has 270 valence electrons. The number of aromatic carboxylic acids is 1. The minimum atomic E-state index is -1.05. The predicted octanol–water partition coefficient (Wildman–Crippen LogP) is 4.62. The van der Waals surface area contributed by atoms with Crippen molar-refractivity contribution in [3.8, 4) is 17.0 Å². The second-order valence-electron chi connectivity index (χ2n) is 11.9. The topological polar surface area (TPSA) is 187 Å². The summed E-state index contributed by atoms with van der Waals surface area (Å²) in [6.07, 6.45) is 0. The Morgan fingerprint density at radius 3 is 2.31 bits per heavy atom. The van der Waals surface area contributed by atoms with E-state index in [4.69, 9.17) is 38.5 Å². The van der Waals surface area contributed by atoms with Gasteiger partial charge in [0, 0.05) is 64.8 Å². The van der Waals surface area contributed by atoms with Crippen LogP contribution >= 0.6 is 23.2 Å². The van der Waals surface area contributed by atoms with E-state index in [2.05, 4.69) is 21.0 Å². The SMILES string of the molecule is O=C(O)c1nn(Cc2ccc(Cl)cc2Cl)c2ccccc12.O=C1c2c(O)cccc2-c2nn(CCNCCO)c3ccc(NCCNCCO)c1c23. The summed E-state index contributed by atoms with van der Waals surface area (Å²) in [5, 5.41) is 58.5. The number of nitrogens with one attached hydrogen (secondary N) is 3. The number of carbonyl (C=O) groups is 2. The van der Waals surface area contributed by atoms with Crippen molar-refractivity contribution >= 4 is 62.4 Å². The van der Waals surface area contributed by atoms with Crippen LogP contribution in [0.25, 0.3) is 33.1 Å². The molecule has 2 aromatic heterocycles. The van der Waals surface area contributed by atoms with E-state index < -0.39 is 5.97 Å². The number of carbonyl (C=O) groups excluding carboxylic acids is 1. The van der Waals surface area contributed by atoms with Crippen LogP contribution in [-0.4, -0.2) is 97.7 Å². The maximum Gasteiger partial charge on any atom is 0.357 e. The number of nitrogens with zero attached hydrogens (tertiary/aromatic N) is 4. The average Bonchev–Trinajstić information content (AvgIpc) is 3.69. The molecule has 0 saturated carbocycles. The highest BCUT2D eigenvalue weighted by Gasteiger charge is 2.33. The van der Waals surface area contributed by atoms with Gasteiger partial charge >= 0.3 is 5.97 Å². The molecule has 6 aromatic rings. The first-order valence-electron chi connectivity index (χ1n) is 16.6. The van der Waals surface area contributed by atoms with Crippen LogP contribution in [0.15, 0.2) is 72.8 Å². The van der Waals surface area contributed by atoms with E-state index in [0.29, 0.717) is 83.8 Å². The van der Waals surface area contributed by atoms with Crippen molar-refractivity contribution < 1.29 is 30.0 Å². The van der Waals surface area contributed by atoms with E-state index in [1.807, 2.05) is 41.1 Å². The molecule has 0 radical (unpaired) electrons. The van der Waals surface area contributed by atoms with Crippen molar-refractivity contribution in [1.82, 2.24) is 30.2 Å². The molecule has 52 heavy (non-hydrogen) atoms. The van der Waals surface area contributed by atoms with Gasteiger partial charge in [-0.25, -0.2) is 4.79 Å². The molecule has 1 aliphatic rings. The predicted molar refractivity (Wildman–Crippen MR) is 201 cm³/mol. The standard InChI is InChI=1S/C22H27N5O4.C15H10Cl2N2O2/c28-12-9-23-6-7-25-15-4-5-16-20-19(15)22(31)18-14(2-1-3-17(18)30)21(20)26-27(16)11-8-24-10-13-29;16-10-6-5-9(12(17)7-10)8-19-13-4-2-1-3-11(13)14(18-19)15(20)21/h1-5,23-25,28-30H,6-13H2;1-7H,8H2,(H,20,21). The summed E-state index contributed by atoms with van der Waals surface area (Å²) in [5.74, 6) is -1.33. The number of carboxylic acid groups (broad SMARTS) is 1. The third-order valence-corrected chi connectivity index (χ3v) is 9.15. The number of carboxylic acids is 1. The molecule has 15 heteroatoms. The Labute approximate surface area is 308 Å². The third-order valence-electron chi connectivity index (χ3n) is 8.56. The van der Waals surface area contributed by atoms with Gasteiger partial charge in [-0.3, -0.25) is 14.2 Å². The maximum absolute atomic E-state index is 13.5. The van der Waals surface area contributed by atoms with Crippen molar-refractivity contribution in [3.63, 3.8) is 0 Å². The van der Waals surface area contributed by atoms with Gasteiger partial charge in [0.05, 0.1) is 48.5 Å². The number of phenolic OH excluding ortho intramolecular Hbond substituents is 1. The molecule has 0 amide bonds. The number of fused-ring (bicyclic) bond motifs is 3. The number of halogens is 2. The molecule has 7 N–H and O–H groups in total. The quantitative estimate of drug-likeness (QED) is 0.0771. The zero-order chi connectivity index (χ0) is 36.8. The molecule has 13 nitrogen and oxygen atoms in total. The number of aromatic nitrogens is 4. The molecule has 1 aliphatic carbocycles. The van der Waals surface area contributed by atoms with E-state index in [1.165, 1.54) is 6.07 Å². The highest BCUT2D eigenvalue weighted by atomic mass is 35.5. The summed E-state index contributed by atoms with van der Waals surface area (Å²) >= 11 is 12.0. The van der Waals surface area contributed by atoms with Gasteiger partial charge in [0.1, 0.15) is 11.4 Å². The van der Waals surface area contributed by atoms with Crippen molar-refractivity contribution in [2.24, 2.45) is 0 Å². The van der Waals surface area contributed by atoms with Gasteiger partial charge in [-0.1, -0.05) is 59.6 Å². The number of rotatable bonds is 14. The molecule has 0 aliphatic heterocycles. The minimum absolute atomic E-state index is 0.0377. The van der Waals surface area contributed by atoms with Crippen molar-refractivity contribution in [1.29, 1.82) is 0 Å². The second-order valence-corrected chi connectivity index (χ2v) is 12.8. The van der Waals surface area contributed by atoms with Crippen molar-refractivity contribution in [2.75, 3.05) is 51.3 Å². The van der Waals surface area contributed by atoms with Crippen LogP contribution in [0.2, 0.25) is 10.0 Å². The van der Waals surface area contributed by atoms with Crippen LogP contribution in [0.1, 0.15) is 32.0 Å². The van der Waals surface area contributed by atoms with Gasteiger partial charge < -0.3 is 36.4 Å². The van der Waals surface area contributed by atoms with Crippen LogP contribution in [0.5, 0.6) is 5.75 Å². The van der Waals surface area contributed by atoms with Gasteiger partial charge in [0.25, 0.3) is 0 Å². The summed E-state index contributed by atoms with van der Waals surface area (Å²) < 4.78 is 3.49. The minimum Gasteiger partial charge on any atom is -0.507 e. The Hall–Kier alpha value is -5.02. The molecule has 7 rings (SSSR count). The summed E-state index contributed by atoms with van der Waals surface area (Å²) in [5.41, 5.74) is 5.25. The highest BCUT2D eigenvalue weighted by Crippen LogP contribution is 2.44. The lowest BCUT2D eigenvalue weighted by atomic mass is 9.86. The number of para-hydroxylation sites is 1. The van der Waals surface area contributed by atoms with Crippen LogP contribution in [0, 0.1) is 0 Å². The highest BCUT2D eigenvalue weighted by molar-refractivity contribution is 6.35. The van der Waals surface area contributed by atoms with Gasteiger partial charge in [-0.2, -0.15) is 10.2 Å². The monoisotopic (exact) mass is 745 g/mol. The van der Waals surface area contributed by atoms with E-state index >= 15 is 0 Å². The zero-order valence-corrected chi connectivity index (χ0v) is 29.5. The second kappa shape index (κ2) is 16.5. The number of hydrogen-bond acceptors (Lipinski definition) is 10. The van der Waals surface area contributed by atoms with E-state index in [0.717, 1.165) is 22.0 Å². The normalized spacial score (nSPS) is 11.8. The molecular formula is C37H37Cl2N7O6. The number of aromatic hydroxyl groups is 1. The average molecular weight is 747 g/mol. The van der Waals surface area contributed by atoms with Crippen LogP contribution in [-0.2, 0) is 13.1 Å². The number of anilines is 1. The van der Waals surface area contributed by atoms with Crippen LogP contribution in [0.4, 0.5) is 5.69 Å². The van der Waals surface area contributed by atoms with Gasteiger partial charge in [0.15, 0.2) is 11.5 Å². The Morgan fingerprint density at radius 1 is 0.788 bits per heavy atom. The molecular weight excluding hydrogens is 709 g/mol. The number of phenols is 1. The Bertz CT molecular complexity index is 2250. The smallest absolute Gasteiger partial charge is 0.357 e. The molecule has 0 bridgehead atoms. The molecule has 0 fully saturated rings. The summed E-state index contributed by atoms with van der Waals surface area (Å²) in [4.78, 5) is 24.7. The molecule has 0 atom stereocenters. The third kappa shape index (κ3) is 7.60. The van der Waals surface area contributed by atoms with E-state index in [9.17, 15) is 19.8 Å². The summed E-state index contributed by atoms with van der Waals surface area (Å²) in [7, 11) is 0. The number of aliphatic hydroxyl groups excluding tert-OH is 2.